The lowest BCUT2D eigenvalue weighted by Crippen LogP contribution is -2.40. The Labute approximate surface area is 125 Å². The van der Waals surface area contributed by atoms with Crippen LogP contribution in [0, 0.1) is 6.92 Å². The molecule has 5 heteroatoms. The fraction of sp³-hybridized carbons (Fsp3) is 0.467. The molecule has 0 aliphatic heterocycles. The van der Waals surface area contributed by atoms with Crippen molar-refractivity contribution in [3.8, 4) is 0 Å². The van der Waals surface area contributed by atoms with Gasteiger partial charge in [-0.1, -0.05) is 31.0 Å². The summed E-state index contributed by atoms with van der Waals surface area (Å²) in [5, 5.41) is 3.35. The van der Waals surface area contributed by atoms with Crippen LogP contribution in [0.5, 0.6) is 0 Å². The van der Waals surface area contributed by atoms with Gasteiger partial charge in [-0.15, -0.1) is 0 Å². The van der Waals surface area contributed by atoms with Crippen molar-refractivity contribution in [2.45, 2.75) is 33.6 Å². The Balaban J connectivity index is 2.82. The van der Waals surface area contributed by atoms with E-state index < -0.39 is 0 Å². The molecule has 2 amide bonds. The summed E-state index contributed by atoms with van der Waals surface area (Å²) in [6, 6.07) is 5.31. The van der Waals surface area contributed by atoms with Gasteiger partial charge in [0.2, 0.25) is 11.8 Å². The van der Waals surface area contributed by atoms with Gasteiger partial charge in [-0.25, -0.2) is 0 Å². The maximum absolute atomic E-state index is 11.9. The van der Waals surface area contributed by atoms with Gasteiger partial charge in [-0.2, -0.15) is 0 Å². The maximum Gasteiger partial charge on any atom is 0.240 e. The lowest BCUT2D eigenvalue weighted by Gasteiger charge is -2.22. The predicted molar refractivity (Wildman–Crippen MR) is 82.1 cm³/mol. The Morgan fingerprint density at radius 3 is 2.65 bits per heavy atom. The molecule has 0 fully saturated rings. The smallest absolute Gasteiger partial charge is 0.240 e. The van der Waals surface area contributed by atoms with Gasteiger partial charge in [0.05, 0.1) is 0 Å². The van der Waals surface area contributed by atoms with E-state index in [9.17, 15) is 9.59 Å². The van der Waals surface area contributed by atoms with E-state index in [4.69, 9.17) is 11.6 Å². The Morgan fingerprint density at radius 1 is 1.35 bits per heavy atom. The second-order valence-electron chi connectivity index (χ2n) is 4.74. The Bertz CT molecular complexity index is 489. The number of aryl methyl sites for hydroxylation is 1. The van der Waals surface area contributed by atoms with Gasteiger partial charge in [0.1, 0.15) is 6.54 Å². The molecule has 0 bridgehead atoms. The summed E-state index contributed by atoms with van der Waals surface area (Å²) < 4.78 is 0. The Kier molecular flexibility index (Phi) is 6.52. The molecule has 1 N–H and O–H groups in total. The summed E-state index contributed by atoms with van der Waals surface area (Å²) in [7, 11) is 0. The van der Waals surface area contributed by atoms with Crippen LogP contribution in [0.4, 0.5) is 5.69 Å². The second kappa shape index (κ2) is 7.90. The van der Waals surface area contributed by atoms with Crippen molar-refractivity contribution < 1.29 is 9.59 Å². The number of carbonyl (C=O) groups excluding carboxylic acids is 2. The summed E-state index contributed by atoms with van der Waals surface area (Å²) >= 11 is 5.97. The quantitative estimate of drug-likeness (QED) is 0.821. The first-order valence-electron chi connectivity index (χ1n) is 6.76. The monoisotopic (exact) mass is 296 g/mol. The van der Waals surface area contributed by atoms with Crippen molar-refractivity contribution in [1.29, 1.82) is 0 Å². The third kappa shape index (κ3) is 4.85. The summed E-state index contributed by atoms with van der Waals surface area (Å²) in [5.41, 5.74) is 1.58. The van der Waals surface area contributed by atoms with Crippen LogP contribution in [0.25, 0.3) is 0 Å². The van der Waals surface area contributed by atoms with Crippen LogP contribution < -0.4 is 10.2 Å². The largest absolute Gasteiger partial charge is 0.355 e. The highest BCUT2D eigenvalue weighted by molar-refractivity contribution is 6.31. The average Bonchev–Trinajstić information content (AvgIpc) is 2.39. The summed E-state index contributed by atoms with van der Waals surface area (Å²) in [4.78, 5) is 25.1. The summed E-state index contributed by atoms with van der Waals surface area (Å²) in [5.74, 6) is -0.339. The zero-order valence-corrected chi connectivity index (χ0v) is 13.0. The molecule has 0 unspecified atom stereocenters. The predicted octanol–water partition coefficient (Wildman–Crippen LogP) is 2.92. The zero-order valence-electron chi connectivity index (χ0n) is 12.2. The minimum Gasteiger partial charge on any atom is -0.355 e. The number of halogens is 1. The highest BCUT2D eigenvalue weighted by Crippen LogP contribution is 2.24. The van der Waals surface area contributed by atoms with Gasteiger partial charge in [0.15, 0.2) is 0 Å². The highest BCUT2D eigenvalue weighted by Gasteiger charge is 2.17. The van der Waals surface area contributed by atoms with E-state index in [1.807, 2.05) is 13.0 Å². The van der Waals surface area contributed by atoms with Crippen molar-refractivity contribution in [2.24, 2.45) is 0 Å². The molecule has 0 saturated heterocycles. The van der Waals surface area contributed by atoms with Crippen molar-refractivity contribution >= 4 is 29.1 Å². The van der Waals surface area contributed by atoms with Crippen LogP contribution >= 0.6 is 11.6 Å². The van der Waals surface area contributed by atoms with Gasteiger partial charge in [0, 0.05) is 24.2 Å². The minimum absolute atomic E-state index is 0.0141. The minimum atomic E-state index is -0.180. The van der Waals surface area contributed by atoms with Gasteiger partial charge in [0.25, 0.3) is 0 Å². The van der Waals surface area contributed by atoms with Crippen molar-refractivity contribution in [1.82, 2.24) is 5.32 Å². The number of anilines is 1. The first-order chi connectivity index (χ1) is 9.45. The number of hydrogen-bond acceptors (Lipinski definition) is 2. The van der Waals surface area contributed by atoms with E-state index in [-0.39, 0.29) is 18.4 Å². The van der Waals surface area contributed by atoms with E-state index in [0.717, 1.165) is 18.4 Å². The molecule has 20 heavy (non-hydrogen) atoms. The molecule has 4 nitrogen and oxygen atoms in total. The lowest BCUT2D eigenvalue weighted by molar-refractivity contribution is -0.123. The van der Waals surface area contributed by atoms with Crippen molar-refractivity contribution in [3.05, 3.63) is 28.8 Å². The standard InChI is InChI=1S/C15H21ClN2O2/c1-4-5-8-17-15(20)10-18(12(3)19)14-9-13(16)7-6-11(14)2/h6-7,9H,4-5,8,10H2,1-3H3,(H,17,20). The topological polar surface area (TPSA) is 49.4 Å². The average molecular weight is 297 g/mol. The van der Waals surface area contributed by atoms with E-state index >= 15 is 0 Å². The summed E-state index contributed by atoms with van der Waals surface area (Å²) in [6.45, 7) is 6.04. The molecule has 0 radical (unpaired) electrons. The first-order valence-corrected chi connectivity index (χ1v) is 7.14. The van der Waals surface area contributed by atoms with Gasteiger partial charge >= 0.3 is 0 Å². The zero-order chi connectivity index (χ0) is 15.1. The number of nitrogens with zero attached hydrogens (tertiary/aromatic N) is 1. The van der Waals surface area contributed by atoms with Crippen LogP contribution in [0.2, 0.25) is 5.02 Å². The molecule has 0 aliphatic rings. The number of unbranched alkanes of at least 4 members (excludes halogenated alkanes) is 1. The molecule has 0 heterocycles. The maximum atomic E-state index is 11.9. The molecular formula is C15H21ClN2O2. The fourth-order valence-corrected chi connectivity index (χ4v) is 2.01. The molecule has 0 aliphatic carbocycles. The number of amides is 2. The third-order valence-electron chi connectivity index (χ3n) is 3.00. The van der Waals surface area contributed by atoms with Crippen molar-refractivity contribution in [3.63, 3.8) is 0 Å². The molecule has 0 aromatic heterocycles. The number of nitrogens with one attached hydrogen (secondary N) is 1. The van der Waals surface area contributed by atoms with E-state index in [2.05, 4.69) is 12.2 Å². The van der Waals surface area contributed by atoms with Crippen LogP contribution in [0.3, 0.4) is 0 Å². The molecular weight excluding hydrogens is 276 g/mol. The molecule has 0 spiro atoms. The number of carbonyl (C=O) groups is 2. The second-order valence-corrected chi connectivity index (χ2v) is 5.18. The molecule has 0 atom stereocenters. The Hall–Kier alpha value is -1.55. The molecule has 1 aromatic carbocycles. The molecule has 110 valence electrons. The van der Waals surface area contributed by atoms with Crippen LogP contribution in [0.1, 0.15) is 32.3 Å². The van der Waals surface area contributed by atoms with Gasteiger partial charge in [-0.3, -0.25) is 9.59 Å². The van der Waals surface area contributed by atoms with Crippen LogP contribution in [0.15, 0.2) is 18.2 Å². The molecule has 0 saturated carbocycles. The first kappa shape index (κ1) is 16.5. The van der Waals surface area contributed by atoms with E-state index in [1.54, 1.807) is 12.1 Å². The Morgan fingerprint density at radius 2 is 2.05 bits per heavy atom. The number of benzene rings is 1. The number of hydrogen-bond donors (Lipinski definition) is 1. The molecule has 1 rings (SSSR count). The van der Waals surface area contributed by atoms with E-state index in [1.165, 1.54) is 11.8 Å². The fourth-order valence-electron chi connectivity index (χ4n) is 1.84. The lowest BCUT2D eigenvalue weighted by atomic mass is 10.1. The van der Waals surface area contributed by atoms with Crippen LogP contribution in [-0.2, 0) is 9.59 Å². The van der Waals surface area contributed by atoms with Gasteiger partial charge < -0.3 is 10.2 Å². The van der Waals surface area contributed by atoms with Crippen LogP contribution in [-0.4, -0.2) is 24.9 Å². The van der Waals surface area contributed by atoms with Gasteiger partial charge in [-0.05, 0) is 31.0 Å². The normalized spacial score (nSPS) is 10.2. The number of rotatable bonds is 6. The van der Waals surface area contributed by atoms with E-state index in [0.29, 0.717) is 17.3 Å². The molecule has 1 aromatic rings. The summed E-state index contributed by atoms with van der Waals surface area (Å²) in [6.07, 6.45) is 1.95. The SMILES string of the molecule is CCCCNC(=O)CN(C(C)=O)c1cc(Cl)ccc1C. The third-order valence-corrected chi connectivity index (χ3v) is 3.23. The highest BCUT2D eigenvalue weighted by atomic mass is 35.5. The van der Waals surface area contributed by atoms with Crippen molar-refractivity contribution in [2.75, 3.05) is 18.0 Å².